The van der Waals surface area contributed by atoms with Crippen LogP contribution < -0.4 is 9.80 Å². The van der Waals surface area contributed by atoms with E-state index in [1.807, 2.05) is 0 Å². The molecule has 7 aromatic rings. The molecule has 0 saturated heterocycles. The van der Waals surface area contributed by atoms with Gasteiger partial charge in [-0.15, -0.1) is 0 Å². The summed E-state index contributed by atoms with van der Waals surface area (Å²) in [7, 11) is 0. The normalized spacial score (nSPS) is 13.1. The highest BCUT2D eigenvalue weighted by molar-refractivity contribution is 5.81. The van der Waals surface area contributed by atoms with E-state index in [4.69, 9.17) is 0 Å². The van der Waals surface area contributed by atoms with Crippen molar-refractivity contribution in [2.45, 2.75) is 38.5 Å². The lowest BCUT2D eigenvalue weighted by Gasteiger charge is -2.26. The van der Waals surface area contributed by atoms with Gasteiger partial charge in [-0.2, -0.15) is 0 Å². The van der Waals surface area contributed by atoms with Crippen LogP contribution in [0.25, 0.3) is 22.3 Å². The number of hydrogen-bond donors (Lipinski definition) is 0. The zero-order chi connectivity index (χ0) is 33.3. The molecule has 0 atom stereocenters. The van der Waals surface area contributed by atoms with Crippen LogP contribution in [-0.2, 0) is 25.7 Å². The van der Waals surface area contributed by atoms with Gasteiger partial charge in [0.15, 0.2) is 0 Å². The Morgan fingerprint density at radius 3 is 0.940 bits per heavy atom. The first-order valence-electron chi connectivity index (χ1n) is 18.0. The third kappa shape index (κ3) is 5.88. The highest BCUT2D eigenvalue weighted by Gasteiger charge is 2.18. The number of benzene rings is 7. The summed E-state index contributed by atoms with van der Waals surface area (Å²) < 4.78 is 0. The quantitative estimate of drug-likeness (QED) is 0.162. The zero-order valence-corrected chi connectivity index (χ0v) is 28.3. The van der Waals surface area contributed by atoms with Crippen molar-refractivity contribution in [2.75, 3.05) is 9.80 Å². The van der Waals surface area contributed by atoms with Crippen molar-refractivity contribution in [3.8, 4) is 22.3 Å². The van der Waals surface area contributed by atoms with Gasteiger partial charge in [-0.25, -0.2) is 0 Å². The van der Waals surface area contributed by atoms with E-state index < -0.39 is 0 Å². The molecule has 9 rings (SSSR count). The molecule has 0 amide bonds. The Labute approximate surface area is 295 Å². The fraction of sp³-hybridized carbons (Fsp3) is 0.125. The molecule has 242 valence electrons. The van der Waals surface area contributed by atoms with Gasteiger partial charge >= 0.3 is 0 Å². The van der Waals surface area contributed by atoms with Crippen molar-refractivity contribution in [3.05, 3.63) is 192 Å². The maximum Gasteiger partial charge on any atom is 0.0464 e. The lowest BCUT2D eigenvalue weighted by molar-refractivity contribution is 0.911. The van der Waals surface area contributed by atoms with Gasteiger partial charge in [-0.05, 0) is 156 Å². The largest absolute Gasteiger partial charge is 0.310 e. The van der Waals surface area contributed by atoms with E-state index in [2.05, 4.69) is 180 Å². The van der Waals surface area contributed by atoms with Crippen LogP contribution in [0.1, 0.15) is 35.1 Å². The second kappa shape index (κ2) is 13.2. The predicted octanol–water partition coefficient (Wildman–Crippen LogP) is 12.9. The Balaban J connectivity index is 0.967. The molecule has 0 heterocycles. The van der Waals surface area contributed by atoms with Crippen LogP contribution in [0.2, 0.25) is 0 Å². The monoisotopic (exact) mass is 644 g/mol. The van der Waals surface area contributed by atoms with Crippen LogP contribution in [0.15, 0.2) is 170 Å². The summed E-state index contributed by atoms with van der Waals surface area (Å²) in [5.74, 6) is 0. The Hall–Kier alpha value is -5.86. The molecule has 2 aliphatic rings. The molecule has 0 N–H and O–H groups in total. The van der Waals surface area contributed by atoms with E-state index in [1.54, 1.807) is 0 Å². The lowest BCUT2D eigenvalue weighted by atomic mass is 9.99. The summed E-state index contributed by atoms with van der Waals surface area (Å²) in [6, 6.07) is 62.4. The van der Waals surface area contributed by atoms with Crippen LogP contribution in [-0.4, -0.2) is 0 Å². The fourth-order valence-corrected chi connectivity index (χ4v) is 7.90. The number of rotatable bonds is 8. The fourth-order valence-electron chi connectivity index (χ4n) is 7.90. The highest BCUT2D eigenvalue weighted by atomic mass is 15.1. The molecule has 0 aliphatic heterocycles. The molecule has 2 aliphatic carbocycles. The van der Waals surface area contributed by atoms with Crippen molar-refractivity contribution in [1.29, 1.82) is 0 Å². The van der Waals surface area contributed by atoms with Crippen molar-refractivity contribution in [3.63, 3.8) is 0 Å². The molecule has 0 spiro atoms. The molecule has 7 aromatic carbocycles. The number of anilines is 6. The van der Waals surface area contributed by atoms with E-state index in [1.165, 1.54) is 117 Å². The minimum absolute atomic E-state index is 1.17. The summed E-state index contributed by atoms with van der Waals surface area (Å²) in [6.45, 7) is 0. The summed E-state index contributed by atoms with van der Waals surface area (Å²) in [5, 5.41) is 0. The summed E-state index contributed by atoms with van der Waals surface area (Å²) >= 11 is 0. The van der Waals surface area contributed by atoms with E-state index in [9.17, 15) is 0 Å². The van der Waals surface area contributed by atoms with E-state index in [-0.39, 0.29) is 0 Å². The number of hydrogen-bond acceptors (Lipinski definition) is 2. The van der Waals surface area contributed by atoms with Crippen molar-refractivity contribution in [1.82, 2.24) is 0 Å². The summed E-state index contributed by atoms with van der Waals surface area (Å²) in [5.41, 5.74) is 18.0. The first-order valence-corrected chi connectivity index (χ1v) is 18.0. The third-order valence-corrected chi connectivity index (χ3v) is 10.5. The molecular weight excluding hydrogens is 605 g/mol. The van der Waals surface area contributed by atoms with Crippen LogP contribution in [0.5, 0.6) is 0 Å². The minimum Gasteiger partial charge on any atom is -0.310 e. The van der Waals surface area contributed by atoms with Crippen molar-refractivity contribution < 1.29 is 0 Å². The predicted molar refractivity (Wildman–Crippen MR) is 211 cm³/mol. The van der Waals surface area contributed by atoms with Gasteiger partial charge in [-0.3, -0.25) is 0 Å². The smallest absolute Gasteiger partial charge is 0.0464 e. The van der Waals surface area contributed by atoms with Crippen LogP contribution in [0.3, 0.4) is 0 Å². The Morgan fingerprint density at radius 1 is 0.260 bits per heavy atom. The van der Waals surface area contributed by atoms with Gasteiger partial charge in [0.2, 0.25) is 0 Å². The number of aryl methyl sites for hydroxylation is 4. The van der Waals surface area contributed by atoms with Gasteiger partial charge in [0.05, 0.1) is 0 Å². The molecule has 0 saturated carbocycles. The van der Waals surface area contributed by atoms with Crippen molar-refractivity contribution >= 4 is 34.1 Å². The van der Waals surface area contributed by atoms with Gasteiger partial charge < -0.3 is 9.80 Å². The van der Waals surface area contributed by atoms with E-state index in [0.717, 1.165) is 0 Å². The molecule has 0 fully saturated rings. The van der Waals surface area contributed by atoms with Crippen LogP contribution >= 0.6 is 0 Å². The zero-order valence-electron chi connectivity index (χ0n) is 28.3. The number of fused-ring (bicyclic) bond motifs is 2. The molecule has 0 radical (unpaired) electrons. The average molecular weight is 645 g/mol. The highest BCUT2D eigenvalue weighted by Crippen LogP contribution is 2.40. The topological polar surface area (TPSA) is 6.48 Å². The van der Waals surface area contributed by atoms with Gasteiger partial charge in [0.1, 0.15) is 0 Å². The molecular formula is C48H40N2. The average Bonchev–Trinajstić information content (AvgIpc) is 3.86. The second-order valence-corrected chi connectivity index (χ2v) is 13.6. The first kappa shape index (κ1) is 30.2. The molecule has 2 nitrogen and oxygen atoms in total. The molecule has 50 heavy (non-hydrogen) atoms. The van der Waals surface area contributed by atoms with Crippen molar-refractivity contribution in [2.24, 2.45) is 0 Å². The first-order chi connectivity index (χ1) is 24.8. The summed E-state index contributed by atoms with van der Waals surface area (Å²) in [4.78, 5) is 4.75. The van der Waals surface area contributed by atoms with Gasteiger partial charge in [0.25, 0.3) is 0 Å². The Morgan fingerprint density at radius 2 is 0.560 bits per heavy atom. The minimum atomic E-state index is 1.17. The SMILES string of the molecule is c1ccc(N(c2ccc(-c3ccc(-c4ccc(N(c5ccccc5)c5ccc6c(c5)CCC6)cc4)cc3)cc2)c2ccc3c(c2)CCC3)cc1. The van der Waals surface area contributed by atoms with Gasteiger partial charge in [-0.1, -0.05) is 97.1 Å². The maximum atomic E-state index is 2.39. The van der Waals surface area contributed by atoms with E-state index in [0.29, 0.717) is 0 Å². The maximum absolute atomic E-state index is 2.39. The molecule has 2 heteroatoms. The second-order valence-electron chi connectivity index (χ2n) is 13.6. The van der Waals surface area contributed by atoms with Crippen LogP contribution in [0.4, 0.5) is 34.1 Å². The number of para-hydroxylation sites is 2. The molecule has 0 bridgehead atoms. The lowest BCUT2D eigenvalue weighted by Crippen LogP contribution is -2.10. The third-order valence-electron chi connectivity index (χ3n) is 10.5. The Bertz CT molecular complexity index is 2070. The Kier molecular flexibility index (Phi) is 7.99. The van der Waals surface area contributed by atoms with Gasteiger partial charge in [0, 0.05) is 34.1 Å². The van der Waals surface area contributed by atoms with E-state index >= 15 is 0 Å². The number of nitrogens with zero attached hydrogens (tertiary/aromatic N) is 2. The summed E-state index contributed by atoms with van der Waals surface area (Å²) in [6.07, 6.45) is 7.25. The molecule has 0 aromatic heterocycles. The molecule has 0 unspecified atom stereocenters. The standard InChI is InChI=1S/C48H40N2/c1-3-13-43(14-4-1)49(47-31-25-35-9-7-11-41(35)33-47)45-27-21-39(22-28-45)37-17-19-38(20-18-37)40-23-29-46(30-24-40)50(44-15-5-2-6-16-44)48-32-26-36-10-8-12-42(36)34-48/h1-6,13-34H,7-12H2. The van der Waals surface area contributed by atoms with Crippen LogP contribution in [0, 0.1) is 0 Å².